The largest absolute Gasteiger partial charge is 0.411 e. The molecule has 0 bridgehead atoms. The molecule has 2 nitrogen and oxygen atoms in total. The Labute approximate surface area is 108 Å². The third-order valence-corrected chi connectivity index (χ3v) is 2.50. The first-order chi connectivity index (χ1) is 8.71. The SMILES string of the molecule is C=CC(/C=C/c1ccc(C)cc1)=C(C=C)/C=N/O. The molecule has 0 fully saturated rings. The van der Waals surface area contributed by atoms with Gasteiger partial charge in [-0.05, 0) is 18.1 Å². The molecule has 92 valence electrons. The quantitative estimate of drug-likeness (QED) is 0.356. The molecule has 0 unspecified atom stereocenters. The first-order valence-corrected chi connectivity index (χ1v) is 5.62. The molecule has 0 heterocycles. The Hall–Kier alpha value is -2.35. The summed E-state index contributed by atoms with van der Waals surface area (Å²) in [6, 6.07) is 8.20. The first kappa shape index (κ1) is 13.7. The van der Waals surface area contributed by atoms with Gasteiger partial charge in [-0.25, -0.2) is 0 Å². The van der Waals surface area contributed by atoms with Crippen LogP contribution in [-0.2, 0) is 0 Å². The fourth-order valence-electron chi connectivity index (χ4n) is 1.45. The standard InChI is InChI=1S/C16H17NO/c1-4-15(16(5-2)12-17-18)11-10-14-8-6-13(3)7-9-14/h4-12,18H,1-2H2,3H3/b11-10+,16-15-,17-12+. The Morgan fingerprint density at radius 1 is 1.11 bits per heavy atom. The van der Waals surface area contributed by atoms with Crippen LogP contribution in [0.15, 0.2) is 72.0 Å². The molecule has 1 aromatic rings. The topological polar surface area (TPSA) is 32.6 Å². The molecule has 0 saturated carbocycles. The van der Waals surface area contributed by atoms with Gasteiger partial charge in [-0.2, -0.15) is 0 Å². The molecule has 0 aliphatic heterocycles. The van der Waals surface area contributed by atoms with Crippen LogP contribution in [-0.4, -0.2) is 11.4 Å². The van der Waals surface area contributed by atoms with E-state index in [4.69, 9.17) is 5.21 Å². The Kier molecular flexibility index (Phi) is 5.39. The van der Waals surface area contributed by atoms with Crippen LogP contribution in [0.25, 0.3) is 6.08 Å². The van der Waals surface area contributed by atoms with E-state index < -0.39 is 0 Å². The molecular formula is C16H17NO. The van der Waals surface area contributed by atoms with Crippen LogP contribution in [0.3, 0.4) is 0 Å². The second-order valence-corrected chi connectivity index (χ2v) is 3.81. The summed E-state index contributed by atoms with van der Waals surface area (Å²) in [6.45, 7) is 9.46. The lowest BCUT2D eigenvalue weighted by atomic mass is 10.1. The number of nitrogens with zero attached hydrogens (tertiary/aromatic N) is 1. The highest BCUT2D eigenvalue weighted by Gasteiger charge is 1.94. The Bertz CT molecular complexity index is 504. The van der Waals surface area contributed by atoms with Crippen LogP contribution in [0.2, 0.25) is 0 Å². The van der Waals surface area contributed by atoms with Gasteiger partial charge >= 0.3 is 0 Å². The molecule has 0 atom stereocenters. The van der Waals surface area contributed by atoms with Crippen molar-refractivity contribution in [2.45, 2.75) is 6.92 Å². The monoisotopic (exact) mass is 239 g/mol. The van der Waals surface area contributed by atoms with E-state index in [0.29, 0.717) is 0 Å². The Balaban J connectivity index is 3.02. The van der Waals surface area contributed by atoms with E-state index in [1.807, 2.05) is 24.3 Å². The minimum atomic E-state index is 0.718. The lowest BCUT2D eigenvalue weighted by molar-refractivity contribution is 0.322. The van der Waals surface area contributed by atoms with E-state index in [2.05, 4.69) is 37.4 Å². The summed E-state index contributed by atoms with van der Waals surface area (Å²) in [6.07, 6.45) is 8.55. The fourth-order valence-corrected chi connectivity index (χ4v) is 1.45. The third kappa shape index (κ3) is 3.91. The van der Waals surface area contributed by atoms with Gasteiger partial charge in [0.25, 0.3) is 0 Å². The van der Waals surface area contributed by atoms with Gasteiger partial charge in [-0.15, -0.1) is 0 Å². The molecule has 2 heteroatoms. The van der Waals surface area contributed by atoms with Crippen LogP contribution in [0.4, 0.5) is 0 Å². The fraction of sp³-hybridized carbons (Fsp3) is 0.0625. The number of benzene rings is 1. The molecule has 1 rings (SSSR count). The normalized spacial score (nSPS) is 12.7. The van der Waals surface area contributed by atoms with E-state index >= 15 is 0 Å². The predicted molar refractivity (Wildman–Crippen MR) is 77.9 cm³/mol. The third-order valence-electron chi connectivity index (χ3n) is 2.50. The molecule has 0 saturated heterocycles. The van der Waals surface area contributed by atoms with E-state index in [-0.39, 0.29) is 0 Å². The highest BCUT2D eigenvalue weighted by molar-refractivity contribution is 5.85. The van der Waals surface area contributed by atoms with Crippen LogP contribution in [0, 0.1) is 6.92 Å². The van der Waals surface area contributed by atoms with Crippen molar-refractivity contribution in [2.24, 2.45) is 5.16 Å². The summed E-state index contributed by atoms with van der Waals surface area (Å²) in [5.41, 5.74) is 3.90. The van der Waals surface area contributed by atoms with E-state index in [1.165, 1.54) is 11.8 Å². The molecule has 0 aliphatic carbocycles. The summed E-state index contributed by atoms with van der Waals surface area (Å²) in [4.78, 5) is 0. The molecular weight excluding hydrogens is 222 g/mol. The zero-order valence-corrected chi connectivity index (χ0v) is 10.5. The lowest BCUT2D eigenvalue weighted by Gasteiger charge is -1.99. The van der Waals surface area contributed by atoms with Crippen molar-refractivity contribution in [3.05, 3.63) is 77.9 Å². The van der Waals surface area contributed by atoms with E-state index in [1.54, 1.807) is 12.2 Å². The zero-order chi connectivity index (χ0) is 13.4. The molecule has 0 amide bonds. The summed E-state index contributed by atoms with van der Waals surface area (Å²) in [5.74, 6) is 0. The van der Waals surface area contributed by atoms with Crippen LogP contribution in [0.1, 0.15) is 11.1 Å². The van der Waals surface area contributed by atoms with Gasteiger partial charge in [0.2, 0.25) is 0 Å². The molecule has 0 spiro atoms. The van der Waals surface area contributed by atoms with E-state index in [9.17, 15) is 0 Å². The van der Waals surface area contributed by atoms with Crippen molar-refractivity contribution in [3.63, 3.8) is 0 Å². The maximum Gasteiger partial charge on any atom is 0.0739 e. The lowest BCUT2D eigenvalue weighted by Crippen LogP contribution is -1.85. The number of hydrogen-bond acceptors (Lipinski definition) is 2. The van der Waals surface area contributed by atoms with Gasteiger partial charge in [0.15, 0.2) is 0 Å². The molecule has 18 heavy (non-hydrogen) atoms. The smallest absolute Gasteiger partial charge is 0.0739 e. The van der Waals surface area contributed by atoms with Gasteiger partial charge in [0.05, 0.1) is 6.21 Å². The highest BCUT2D eigenvalue weighted by atomic mass is 16.4. The van der Waals surface area contributed by atoms with Gasteiger partial charge in [0.1, 0.15) is 0 Å². The van der Waals surface area contributed by atoms with Crippen molar-refractivity contribution in [1.29, 1.82) is 0 Å². The summed E-state index contributed by atoms with van der Waals surface area (Å²) >= 11 is 0. The average molecular weight is 239 g/mol. The average Bonchev–Trinajstić information content (AvgIpc) is 2.40. The molecule has 1 aromatic carbocycles. The first-order valence-electron chi connectivity index (χ1n) is 5.62. The minimum Gasteiger partial charge on any atom is -0.411 e. The molecule has 1 N–H and O–H groups in total. The molecule has 0 aliphatic rings. The summed E-state index contributed by atoms with van der Waals surface area (Å²) in [5, 5.41) is 11.6. The molecule has 0 aromatic heterocycles. The second-order valence-electron chi connectivity index (χ2n) is 3.81. The van der Waals surface area contributed by atoms with Crippen molar-refractivity contribution in [1.82, 2.24) is 0 Å². The summed E-state index contributed by atoms with van der Waals surface area (Å²) in [7, 11) is 0. The predicted octanol–water partition coefficient (Wildman–Crippen LogP) is 4.14. The molecule has 0 radical (unpaired) electrons. The number of hydrogen-bond donors (Lipinski definition) is 1. The maximum absolute atomic E-state index is 8.56. The van der Waals surface area contributed by atoms with Gasteiger partial charge < -0.3 is 5.21 Å². The Morgan fingerprint density at radius 3 is 2.22 bits per heavy atom. The van der Waals surface area contributed by atoms with Crippen LogP contribution in [0.5, 0.6) is 0 Å². The Morgan fingerprint density at radius 2 is 1.72 bits per heavy atom. The van der Waals surface area contributed by atoms with E-state index in [0.717, 1.165) is 16.7 Å². The highest BCUT2D eigenvalue weighted by Crippen LogP contribution is 2.11. The number of rotatable bonds is 5. The zero-order valence-electron chi connectivity index (χ0n) is 10.5. The van der Waals surface area contributed by atoms with Crippen LogP contribution >= 0.6 is 0 Å². The number of oxime groups is 1. The van der Waals surface area contributed by atoms with Gasteiger partial charge in [-0.1, -0.05) is 72.4 Å². The summed E-state index contributed by atoms with van der Waals surface area (Å²) < 4.78 is 0. The van der Waals surface area contributed by atoms with Crippen molar-refractivity contribution >= 4 is 12.3 Å². The van der Waals surface area contributed by atoms with Crippen LogP contribution < -0.4 is 0 Å². The minimum absolute atomic E-state index is 0.718. The number of aryl methyl sites for hydroxylation is 1. The van der Waals surface area contributed by atoms with Gasteiger partial charge in [0, 0.05) is 5.57 Å². The van der Waals surface area contributed by atoms with Crippen molar-refractivity contribution in [2.75, 3.05) is 0 Å². The second kappa shape index (κ2) is 7.07. The number of allylic oxidation sites excluding steroid dienone is 5. The van der Waals surface area contributed by atoms with Crippen molar-refractivity contribution < 1.29 is 5.21 Å². The van der Waals surface area contributed by atoms with Gasteiger partial charge in [-0.3, -0.25) is 0 Å². The van der Waals surface area contributed by atoms with Crippen molar-refractivity contribution in [3.8, 4) is 0 Å². The maximum atomic E-state index is 8.56.